The molecule has 0 amide bonds. The number of hydrogen-bond acceptors (Lipinski definition) is 7. The monoisotopic (exact) mass is 295 g/mol. The topological polar surface area (TPSA) is 98.7 Å². The summed E-state index contributed by atoms with van der Waals surface area (Å²) in [7, 11) is 1.99. The third-order valence-electron chi connectivity index (χ3n) is 4.02. The van der Waals surface area contributed by atoms with Gasteiger partial charge in [0.1, 0.15) is 5.82 Å². The standard InChI is InChI=1S/C14H25N5O2/c1-10-5-13(17-14(15)16-10)19-7-11(12(8-19)9-21)6-18(2)3-4-20/h5,11-12,20-21H,3-4,6-9H2,1-2H3,(H2,15,16,17)/t11-,12-/m1/s1. The highest BCUT2D eigenvalue weighted by Crippen LogP contribution is 2.28. The van der Waals surface area contributed by atoms with Gasteiger partial charge in [0.25, 0.3) is 0 Å². The van der Waals surface area contributed by atoms with Crippen molar-refractivity contribution in [2.75, 3.05) is 57.1 Å². The molecule has 2 heterocycles. The van der Waals surface area contributed by atoms with Crippen molar-refractivity contribution < 1.29 is 10.2 Å². The van der Waals surface area contributed by atoms with Crippen LogP contribution in [-0.4, -0.2) is 71.5 Å². The molecule has 7 nitrogen and oxygen atoms in total. The zero-order chi connectivity index (χ0) is 15.4. The molecular formula is C14H25N5O2. The Balaban J connectivity index is 2.07. The van der Waals surface area contributed by atoms with Gasteiger partial charge in [-0.3, -0.25) is 0 Å². The van der Waals surface area contributed by atoms with Crippen molar-refractivity contribution in [2.24, 2.45) is 11.8 Å². The molecule has 1 aliphatic heterocycles. The number of nitrogens with zero attached hydrogens (tertiary/aromatic N) is 4. The summed E-state index contributed by atoms with van der Waals surface area (Å²) in [5.74, 6) is 1.67. The van der Waals surface area contributed by atoms with Gasteiger partial charge in [0.2, 0.25) is 5.95 Å². The number of aromatic nitrogens is 2. The molecule has 1 aromatic rings. The molecule has 7 heteroatoms. The molecule has 0 aliphatic carbocycles. The minimum absolute atomic E-state index is 0.151. The van der Waals surface area contributed by atoms with E-state index in [0.29, 0.717) is 12.5 Å². The van der Waals surface area contributed by atoms with Gasteiger partial charge < -0.3 is 25.7 Å². The number of nitrogen functional groups attached to an aromatic ring is 1. The maximum atomic E-state index is 9.60. The first-order chi connectivity index (χ1) is 10.0. The summed E-state index contributed by atoms with van der Waals surface area (Å²) in [5, 5.41) is 18.6. The minimum atomic E-state index is 0.151. The van der Waals surface area contributed by atoms with E-state index in [1.54, 1.807) is 0 Å². The molecule has 0 aromatic carbocycles. The Morgan fingerprint density at radius 1 is 1.33 bits per heavy atom. The van der Waals surface area contributed by atoms with Gasteiger partial charge in [0.15, 0.2) is 0 Å². The van der Waals surface area contributed by atoms with Crippen LogP contribution in [0.1, 0.15) is 5.69 Å². The second-order valence-corrected chi connectivity index (χ2v) is 5.82. The first-order valence-electron chi connectivity index (χ1n) is 7.29. The summed E-state index contributed by atoms with van der Waals surface area (Å²) in [6.45, 7) is 5.30. The highest BCUT2D eigenvalue weighted by atomic mass is 16.3. The van der Waals surface area contributed by atoms with Crippen LogP contribution in [0.4, 0.5) is 11.8 Å². The molecule has 1 aromatic heterocycles. The number of aliphatic hydroxyl groups is 2. The minimum Gasteiger partial charge on any atom is -0.396 e. The number of nitrogens with two attached hydrogens (primary N) is 1. The fourth-order valence-electron chi connectivity index (χ4n) is 2.94. The number of rotatable bonds is 6. The molecule has 4 N–H and O–H groups in total. The van der Waals surface area contributed by atoms with E-state index in [0.717, 1.165) is 31.1 Å². The Morgan fingerprint density at radius 3 is 2.67 bits per heavy atom. The SMILES string of the molecule is Cc1cc(N2C[C@@H](CN(C)CCO)[C@@H](CO)C2)nc(N)n1. The van der Waals surface area contributed by atoms with E-state index in [9.17, 15) is 5.11 Å². The summed E-state index contributed by atoms with van der Waals surface area (Å²) >= 11 is 0. The van der Waals surface area contributed by atoms with Gasteiger partial charge in [-0.05, 0) is 19.9 Å². The smallest absolute Gasteiger partial charge is 0.222 e. The fourth-order valence-corrected chi connectivity index (χ4v) is 2.94. The normalized spacial score (nSPS) is 22.2. The molecule has 0 saturated carbocycles. The molecule has 0 bridgehead atoms. The lowest BCUT2D eigenvalue weighted by Crippen LogP contribution is -2.33. The Labute approximate surface area is 125 Å². The first kappa shape index (κ1) is 15.9. The molecule has 0 unspecified atom stereocenters. The fraction of sp³-hybridized carbons (Fsp3) is 0.714. The zero-order valence-electron chi connectivity index (χ0n) is 12.7. The second-order valence-electron chi connectivity index (χ2n) is 5.82. The zero-order valence-corrected chi connectivity index (χ0v) is 12.7. The highest BCUT2D eigenvalue weighted by Gasteiger charge is 2.33. The number of hydrogen-bond donors (Lipinski definition) is 3. The van der Waals surface area contributed by atoms with Crippen LogP contribution >= 0.6 is 0 Å². The van der Waals surface area contributed by atoms with Crippen LogP contribution in [0.25, 0.3) is 0 Å². The third kappa shape index (κ3) is 4.03. The van der Waals surface area contributed by atoms with Crippen LogP contribution in [0, 0.1) is 18.8 Å². The van der Waals surface area contributed by atoms with Gasteiger partial charge in [-0.1, -0.05) is 0 Å². The van der Waals surface area contributed by atoms with E-state index in [1.165, 1.54) is 0 Å². The Bertz CT molecular complexity index is 450. The van der Waals surface area contributed by atoms with E-state index < -0.39 is 0 Å². The maximum Gasteiger partial charge on any atom is 0.222 e. The van der Waals surface area contributed by atoms with Crippen LogP contribution in [-0.2, 0) is 0 Å². The Morgan fingerprint density at radius 2 is 2.05 bits per heavy atom. The van der Waals surface area contributed by atoms with E-state index in [2.05, 4.69) is 19.8 Å². The van der Waals surface area contributed by atoms with Gasteiger partial charge in [-0.2, -0.15) is 4.98 Å². The second kappa shape index (κ2) is 7.02. The van der Waals surface area contributed by atoms with Gasteiger partial charge in [-0.25, -0.2) is 4.98 Å². The van der Waals surface area contributed by atoms with E-state index in [4.69, 9.17) is 10.8 Å². The highest BCUT2D eigenvalue weighted by molar-refractivity contribution is 5.44. The maximum absolute atomic E-state index is 9.60. The molecular weight excluding hydrogens is 270 g/mol. The van der Waals surface area contributed by atoms with Gasteiger partial charge in [0.05, 0.1) is 6.61 Å². The summed E-state index contributed by atoms with van der Waals surface area (Å²) in [4.78, 5) is 12.6. The van der Waals surface area contributed by atoms with Crippen LogP contribution in [0.15, 0.2) is 6.07 Å². The molecule has 1 saturated heterocycles. The molecule has 2 rings (SSSR count). The number of likely N-dealkylation sites (N-methyl/N-ethyl adjacent to an activating group) is 1. The molecule has 1 aliphatic rings. The van der Waals surface area contributed by atoms with Gasteiger partial charge in [-0.15, -0.1) is 0 Å². The quantitative estimate of drug-likeness (QED) is 0.640. The Kier molecular flexibility index (Phi) is 5.33. The predicted molar refractivity (Wildman–Crippen MR) is 82.0 cm³/mol. The van der Waals surface area contributed by atoms with Gasteiger partial charge in [0, 0.05) is 50.5 Å². The lowest BCUT2D eigenvalue weighted by Gasteiger charge is -2.23. The largest absolute Gasteiger partial charge is 0.396 e. The summed E-state index contributed by atoms with van der Waals surface area (Å²) < 4.78 is 0. The summed E-state index contributed by atoms with van der Waals surface area (Å²) in [6.07, 6.45) is 0. The van der Waals surface area contributed by atoms with Crippen LogP contribution in [0.5, 0.6) is 0 Å². The van der Waals surface area contributed by atoms with E-state index in [-0.39, 0.29) is 25.1 Å². The van der Waals surface area contributed by atoms with Crippen molar-refractivity contribution in [3.8, 4) is 0 Å². The molecule has 118 valence electrons. The average Bonchev–Trinajstić information content (AvgIpc) is 2.81. The first-order valence-corrected chi connectivity index (χ1v) is 7.29. The van der Waals surface area contributed by atoms with Crippen molar-refractivity contribution >= 4 is 11.8 Å². The number of anilines is 2. The molecule has 21 heavy (non-hydrogen) atoms. The van der Waals surface area contributed by atoms with Crippen LogP contribution in [0.3, 0.4) is 0 Å². The summed E-state index contributed by atoms with van der Waals surface area (Å²) in [6, 6.07) is 1.92. The van der Waals surface area contributed by atoms with Crippen molar-refractivity contribution in [2.45, 2.75) is 6.92 Å². The molecule has 2 atom stereocenters. The summed E-state index contributed by atoms with van der Waals surface area (Å²) in [5.41, 5.74) is 6.56. The Hall–Kier alpha value is -1.44. The number of aliphatic hydroxyl groups excluding tert-OH is 2. The van der Waals surface area contributed by atoms with Crippen molar-refractivity contribution in [3.63, 3.8) is 0 Å². The van der Waals surface area contributed by atoms with Crippen LogP contribution < -0.4 is 10.6 Å². The van der Waals surface area contributed by atoms with Crippen molar-refractivity contribution in [3.05, 3.63) is 11.8 Å². The van der Waals surface area contributed by atoms with E-state index in [1.807, 2.05) is 20.0 Å². The van der Waals surface area contributed by atoms with Crippen molar-refractivity contribution in [1.82, 2.24) is 14.9 Å². The van der Waals surface area contributed by atoms with E-state index >= 15 is 0 Å². The number of aryl methyl sites for hydroxylation is 1. The molecule has 0 radical (unpaired) electrons. The van der Waals surface area contributed by atoms with Crippen LogP contribution in [0.2, 0.25) is 0 Å². The lowest BCUT2D eigenvalue weighted by molar-refractivity contribution is 0.160. The third-order valence-corrected chi connectivity index (χ3v) is 4.02. The lowest BCUT2D eigenvalue weighted by atomic mass is 9.96. The molecule has 1 fully saturated rings. The van der Waals surface area contributed by atoms with Crippen molar-refractivity contribution in [1.29, 1.82) is 0 Å². The average molecular weight is 295 g/mol. The van der Waals surface area contributed by atoms with Gasteiger partial charge >= 0.3 is 0 Å². The predicted octanol–water partition coefficient (Wildman–Crippen LogP) is -0.664. The molecule has 0 spiro atoms.